The fourth-order valence-electron chi connectivity index (χ4n) is 5.70. The van der Waals surface area contributed by atoms with Crippen molar-refractivity contribution in [3.05, 3.63) is 0 Å². The van der Waals surface area contributed by atoms with Gasteiger partial charge in [-0.1, -0.05) is 20.3 Å². The molecule has 2 heteroatoms. The zero-order valence-electron chi connectivity index (χ0n) is 11.7. The molecule has 2 nitrogen and oxygen atoms in total. The number of hydrogen-bond acceptors (Lipinski definition) is 2. The molecule has 4 saturated carbocycles. The quantitative estimate of drug-likeness (QED) is 0.788. The summed E-state index contributed by atoms with van der Waals surface area (Å²) in [5.41, 5.74) is 0.0942. The van der Waals surface area contributed by atoms with Gasteiger partial charge in [-0.05, 0) is 55.8 Å². The molecular weight excluding hydrogens is 222 g/mol. The number of rotatable bonds is 2. The Balaban J connectivity index is 1.43. The Hall–Kier alpha value is -0.0800. The van der Waals surface area contributed by atoms with E-state index in [4.69, 9.17) is 0 Å². The number of nitrogens with one attached hydrogen (secondary N) is 1. The fraction of sp³-hybridized carbons (Fsp3) is 1.00. The van der Waals surface area contributed by atoms with E-state index < -0.39 is 0 Å². The number of fused-ring (bicyclic) bond motifs is 5. The van der Waals surface area contributed by atoms with Gasteiger partial charge < -0.3 is 10.4 Å². The van der Waals surface area contributed by atoms with Gasteiger partial charge in [0.15, 0.2) is 0 Å². The van der Waals surface area contributed by atoms with Crippen LogP contribution < -0.4 is 5.32 Å². The summed E-state index contributed by atoms with van der Waals surface area (Å²) in [4.78, 5) is 0. The van der Waals surface area contributed by atoms with Crippen LogP contribution in [0.3, 0.4) is 0 Å². The molecule has 0 spiro atoms. The first-order valence-electron chi connectivity index (χ1n) is 8.01. The van der Waals surface area contributed by atoms with E-state index in [2.05, 4.69) is 19.2 Å². The summed E-state index contributed by atoms with van der Waals surface area (Å²) < 4.78 is 0. The fourth-order valence-corrected chi connectivity index (χ4v) is 5.70. The summed E-state index contributed by atoms with van der Waals surface area (Å²) in [6.07, 6.45) is 8.31. The lowest BCUT2D eigenvalue weighted by atomic mass is 9.64. The van der Waals surface area contributed by atoms with E-state index in [1.165, 1.54) is 32.1 Å². The van der Waals surface area contributed by atoms with Gasteiger partial charge in [-0.3, -0.25) is 0 Å². The van der Waals surface area contributed by atoms with Gasteiger partial charge in [0.25, 0.3) is 0 Å². The maximum Gasteiger partial charge on any atom is 0.0621 e. The van der Waals surface area contributed by atoms with Crippen molar-refractivity contribution in [1.82, 2.24) is 5.32 Å². The maximum atomic E-state index is 9.86. The van der Waals surface area contributed by atoms with Crippen molar-refractivity contribution < 1.29 is 5.11 Å². The molecule has 0 heterocycles. The van der Waals surface area contributed by atoms with Crippen molar-refractivity contribution in [3.63, 3.8) is 0 Å². The van der Waals surface area contributed by atoms with E-state index in [1.807, 2.05) is 0 Å². The van der Waals surface area contributed by atoms with Crippen LogP contribution in [0.15, 0.2) is 0 Å². The van der Waals surface area contributed by atoms with Crippen molar-refractivity contribution in [2.24, 2.45) is 29.1 Å². The summed E-state index contributed by atoms with van der Waals surface area (Å²) in [7, 11) is 0. The lowest BCUT2D eigenvalue weighted by Crippen LogP contribution is -2.63. The number of aliphatic hydroxyl groups excluding tert-OH is 1. The van der Waals surface area contributed by atoms with Gasteiger partial charge in [-0.15, -0.1) is 0 Å². The third-order valence-electron chi connectivity index (χ3n) is 7.06. The van der Waals surface area contributed by atoms with Gasteiger partial charge in [0.2, 0.25) is 0 Å². The predicted octanol–water partition coefficient (Wildman–Crippen LogP) is 2.56. The van der Waals surface area contributed by atoms with Crippen LogP contribution in [-0.2, 0) is 0 Å². The van der Waals surface area contributed by atoms with Crippen LogP contribution in [0.4, 0.5) is 0 Å². The van der Waals surface area contributed by atoms with Crippen LogP contribution in [0.5, 0.6) is 0 Å². The molecule has 0 saturated heterocycles. The maximum absolute atomic E-state index is 9.86. The van der Waals surface area contributed by atoms with E-state index in [9.17, 15) is 5.11 Å². The summed E-state index contributed by atoms with van der Waals surface area (Å²) in [5, 5.41) is 13.8. The minimum Gasteiger partial charge on any atom is -0.392 e. The molecule has 0 aromatic carbocycles. The summed E-state index contributed by atoms with van der Waals surface area (Å²) in [6.45, 7) is 4.43. The summed E-state index contributed by atoms with van der Waals surface area (Å²) in [5.74, 6) is 4.14. The smallest absolute Gasteiger partial charge is 0.0621 e. The van der Waals surface area contributed by atoms with Gasteiger partial charge in [0.1, 0.15) is 0 Å². The second kappa shape index (κ2) is 3.73. The lowest BCUT2D eigenvalue weighted by Gasteiger charge is -2.51. The average Bonchev–Trinajstić information content (AvgIpc) is 3.00. The van der Waals surface area contributed by atoms with Gasteiger partial charge in [0.05, 0.1) is 6.10 Å². The first-order chi connectivity index (χ1) is 8.57. The van der Waals surface area contributed by atoms with Crippen molar-refractivity contribution >= 4 is 0 Å². The highest BCUT2D eigenvalue weighted by Crippen LogP contribution is 2.59. The second-order valence-corrected chi connectivity index (χ2v) is 8.05. The Morgan fingerprint density at radius 2 is 1.78 bits per heavy atom. The largest absolute Gasteiger partial charge is 0.392 e. The third-order valence-corrected chi connectivity index (χ3v) is 7.06. The zero-order valence-corrected chi connectivity index (χ0v) is 11.7. The molecule has 102 valence electrons. The Bertz CT molecular complexity index is 353. The van der Waals surface area contributed by atoms with Crippen molar-refractivity contribution in [1.29, 1.82) is 0 Å². The van der Waals surface area contributed by atoms with E-state index >= 15 is 0 Å². The average molecular weight is 249 g/mol. The van der Waals surface area contributed by atoms with Crippen LogP contribution in [0.1, 0.15) is 52.4 Å². The molecule has 0 aromatic rings. The van der Waals surface area contributed by atoms with Crippen molar-refractivity contribution in [2.75, 3.05) is 0 Å². The molecule has 4 aliphatic rings. The van der Waals surface area contributed by atoms with E-state index in [0.29, 0.717) is 6.04 Å². The van der Waals surface area contributed by atoms with Crippen LogP contribution >= 0.6 is 0 Å². The topological polar surface area (TPSA) is 32.3 Å². The van der Waals surface area contributed by atoms with Gasteiger partial charge >= 0.3 is 0 Å². The van der Waals surface area contributed by atoms with Crippen LogP contribution in [-0.4, -0.2) is 23.3 Å². The zero-order chi connectivity index (χ0) is 12.5. The van der Waals surface area contributed by atoms with Crippen LogP contribution in [0.2, 0.25) is 0 Å². The normalized spacial score (nSPS) is 56.5. The molecule has 0 aromatic heterocycles. The Labute approximate surface area is 111 Å². The third kappa shape index (κ3) is 1.42. The highest BCUT2D eigenvalue weighted by Gasteiger charge is 2.56. The lowest BCUT2D eigenvalue weighted by molar-refractivity contribution is -0.0790. The number of aliphatic hydroxyl groups is 1. The predicted molar refractivity (Wildman–Crippen MR) is 72.2 cm³/mol. The molecule has 0 amide bonds. The monoisotopic (exact) mass is 249 g/mol. The van der Waals surface area contributed by atoms with Crippen LogP contribution in [0.25, 0.3) is 0 Å². The molecule has 0 radical (unpaired) electrons. The molecule has 7 atom stereocenters. The van der Waals surface area contributed by atoms with E-state index in [0.717, 1.165) is 36.1 Å². The second-order valence-electron chi connectivity index (χ2n) is 8.05. The van der Waals surface area contributed by atoms with Gasteiger partial charge in [-0.25, -0.2) is 0 Å². The van der Waals surface area contributed by atoms with Crippen molar-refractivity contribution in [3.8, 4) is 0 Å². The van der Waals surface area contributed by atoms with Crippen molar-refractivity contribution in [2.45, 2.75) is 70.6 Å². The SMILES string of the molecule is CC1(C)C(O)CC1NC1CC2CC1C1CCCC21. The molecule has 2 N–H and O–H groups in total. The first kappa shape index (κ1) is 11.7. The van der Waals surface area contributed by atoms with Gasteiger partial charge in [0, 0.05) is 17.5 Å². The minimum atomic E-state index is -0.0900. The molecule has 2 bridgehead atoms. The highest BCUT2D eigenvalue weighted by molar-refractivity contribution is 5.09. The Kier molecular flexibility index (Phi) is 2.43. The van der Waals surface area contributed by atoms with E-state index in [1.54, 1.807) is 0 Å². The highest BCUT2D eigenvalue weighted by atomic mass is 16.3. The first-order valence-corrected chi connectivity index (χ1v) is 8.01. The molecule has 18 heavy (non-hydrogen) atoms. The Morgan fingerprint density at radius 3 is 2.50 bits per heavy atom. The number of hydrogen-bond donors (Lipinski definition) is 2. The Morgan fingerprint density at radius 1 is 1.00 bits per heavy atom. The minimum absolute atomic E-state index is 0.0900. The molecular formula is C16H27NO. The standard InChI is InChI=1S/C16H27NO/c1-16(2)14(8-15(16)18)17-13-7-9-6-12(13)11-5-3-4-10(9)11/h9-15,17-18H,3-8H2,1-2H3. The molecule has 4 fully saturated rings. The molecule has 4 rings (SSSR count). The summed E-state index contributed by atoms with van der Waals surface area (Å²) >= 11 is 0. The molecule has 0 aliphatic heterocycles. The van der Waals surface area contributed by atoms with Gasteiger partial charge in [-0.2, -0.15) is 0 Å². The molecule has 7 unspecified atom stereocenters. The molecule has 4 aliphatic carbocycles. The van der Waals surface area contributed by atoms with E-state index in [-0.39, 0.29) is 11.5 Å². The van der Waals surface area contributed by atoms with Crippen LogP contribution in [0, 0.1) is 29.1 Å². The summed E-state index contributed by atoms with van der Waals surface area (Å²) in [6, 6.07) is 1.32.